The zero-order valence-corrected chi connectivity index (χ0v) is 16.3. The molecular formula is C18H19F3N2O3S2. The maximum absolute atomic E-state index is 15.1. The number of primary sulfonamides is 1. The maximum Gasteiger partial charge on any atom is 0.243 e. The average Bonchev–Trinajstić information content (AvgIpc) is 2.65. The van der Waals surface area contributed by atoms with E-state index in [1.54, 1.807) is 6.07 Å². The van der Waals surface area contributed by atoms with Crippen molar-refractivity contribution in [1.82, 2.24) is 0 Å². The monoisotopic (exact) mass is 432 g/mol. The van der Waals surface area contributed by atoms with E-state index in [9.17, 15) is 17.2 Å². The predicted octanol–water partition coefficient (Wildman–Crippen LogP) is 3.33. The second-order valence-electron chi connectivity index (χ2n) is 6.38. The van der Waals surface area contributed by atoms with Gasteiger partial charge in [-0.15, -0.1) is 11.8 Å². The topological polar surface area (TPSA) is 92.4 Å². The van der Waals surface area contributed by atoms with Crippen LogP contribution in [-0.2, 0) is 16.4 Å². The predicted molar refractivity (Wildman–Crippen MR) is 101 cm³/mol. The summed E-state index contributed by atoms with van der Waals surface area (Å²) in [6, 6.07) is 6.90. The van der Waals surface area contributed by atoms with Gasteiger partial charge < -0.3 is 10.4 Å². The van der Waals surface area contributed by atoms with Gasteiger partial charge in [0.2, 0.25) is 10.0 Å². The lowest BCUT2D eigenvalue weighted by molar-refractivity contribution is 0.322. The number of thioether (sulfide) groups is 1. The van der Waals surface area contributed by atoms with Gasteiger partial charge in [0.05, 0.1) is 23.2 Å². The highest BCUT2D eigenvalue weighted by atomic mass is 32.2. The van der Waals surface area contributed by atoms with E-state index >= 15 is 4.39 Å². The standard InChI is InChI=1S/C18H19F3N2O3S2/c19-13-14(20)18(28(22,25)26)16(15(21)17(13)27-9-8-24)23-12-7-3-5-10-4-1-2-6-11(10)12/h1-2,4,6,12,23-24H,3,5,7-9H2,(H2,22,25,26)/t12-/m0/s1. The maximum atomic E-state index is 15.1. The molecule has 4 N–H and O–H groups in total. The largest absolute Gasteiger partial charge is 0.396 e. The third-order valence-electron chi connectivity index (χ3n) is 4.55. The molecule has 0 saturated heterocycles. The lowest BCUT2D eigenvalue weighted by Gasteiger charge is -2.28. The number of aliphatic hydroxyl groups is 1. The van der Waals surface area contributed by atoms with Crippen LogP contribution in [0.2, 0.25) is 0 Å². The summed E-state index contributed by atoms with van der Waals surface area (Å²) in [5.41, 5.74) is 1.16. The number of halogens is 3. The molecule has 3 rings (SSSR count). The Labute approximate surface area is 165 Å². The van der Waals surface area contributed by atoms with Gasteiger partial charge in [-0.05, 0) is 30.4 Å². The SMILES string of the molecule is NS(=O)(=O)c1c(F)c(F)c(SCCO)c(F)c1N[C@H]1CCCc2ccccc21. The van der Waals surface area contributed by atoms with Crippen LogP contribution in [0.1, 0.15) is 30.0 Å². The van der Waals surface area contributed by atoms with Crippen molar-refractivity contribution in [2.45, 2.75) is 35.1 Å². The molecule has 0 radical (unpaired) electrons. The van der Waals surface area contributed by atoms with Gasteiger partial charge in [-0.2, -0.15) is 0 Å². The highest BCUT2D eigenvalue weighted by Crippen LogP contribution is 2.40. The molecule has 1 aliphatic carbocycles. The Morgan fingerprint density at radius 3 is 2.57 bits per heavy atom. The summed E-state index contributed by atoms with van der Waals surface area (Å²) >= 11 is 0.553. The van der Waals surface area contributed by atoms with Crippen molar-refractivity contribution in [2.75, 3.05) is 17.7 Å². The molecule has 0 amide bonds. The summed E-state index contributed by atoms with van der Waals surface area (Å²) < 4.78 is 67.8. The Morgan fingerprint density at radius 1 is 1.18 bits per heavy atom. The summed E-state index contributed by atoms with van der Waals surface area (Å²) in [5, 5.41) is 16.7. The summed E-state index contributed by atoms with van der Waals surface area (Å²) in [5.74, 6) is -4.72. The zero-order valence-electron chi connectivity index (χ0n) is 14.7. The zero-order chi connectivity index (χ0) is 20.5. The molecule has 0 aromatic heterocycles. The second kappa shape index (κ2) is 8.32. The van der Waals surface area contributed by atoms with E-state index < -0.39 is 49.0 Å². The molecule has 0 fully saturated rings. The molecule has 152 valence electrons. The number of hydrogen-bond donors (Lipinski definition) is 3. The molecule has 0 saturated carbocycles. The molecule has 28 heavy (non-hydrogen) atoms. The minimum atomic E-state index is -4.75. The van der Waals surface area contributed by atoms with Crippen LogP contribution in [-0.4, -0.2) is 25.9 Å². The fourth-order valence-electron chi connectivity index (χ4n) is 3.37. The fraction of sp³-hybridized carbons (Fsp3) is 0.333. The van der Waals surface area contributed by atoms with Gasteiger partial charge in [-0.3, -0.25) is 0 Å². The van der Waals surface area contributed by atoms with Crippen LogP contribution in [0.5, 0.6) is 0 Å². The number of sulfonamides is 1. The molecular weight excluding hydrogens is 413 g/mol. The van der Waals surface area contributed by atoms with Crippen molar-refractivity contribution < 1.29 is 26.7 Å². The van der Waals surface area contributed by atoms with Gasteiger partial charge in [0, 0.05) is 5.75 Å². The Balaban J connectivity index is 2.15. The molecule has 10 heteroatoms. The van der Waals surface area contributed by atoms with E-state index in [2.05, 4.69) is 5.32 Å². The Bertz CT molecular complexity index is 1000. The number of nitrogens with two attached hydrogens (primary N) is 1. The van der Waals surface area contributed by atoms with E-state index in [-0.39, 0.29) is 12.4 Å². The van der Waals surface area contributed by atoms with E-state index in [0.717, 1.165) is 24.0 Å². The highest BCUT2D eigenvalue weighted by molar-refractivity contribution is 7.99. The average molecular weight is 432 g/mol. The molecule has 1 aliphatic rings. The van der Waals surface area contributed by atoms with E-state index in [1.807, 2.05) is 18.2 Å². The number of hydrogen-bond acceptors (Lipinski definition) is 5. The minimum Gasteiger partial charge on any atom is -0.396 e. The Morgan fingerprint density at radius 2 is 1.89 bits per heavy atom. The Hall–Kier alpha value is -1.75. The molecule has 2 aromatic rings. The van der Waals surface area contributed by atoms with Gasteiger partial charge in [-0.25, -0.2) is 26.7 Å². The lowest BCUT2D eigenvalue weighted by atomic mass is 9.87. The number of anilines is 1. The summed E-state index contributed by atoms with van der Waals surface area (Å²) in [6.45, 7) is -0.388. The number of fused-ring (bicyclic) bond motifs is 1. The number of aliphatic hydroxyl groups excluding tert-OH is 1. The van der Waals surface area contributed by atoms with E-state index in [1.165, 1.54) is 0 Å². The molecule has 0 spiro atoms. The number of nitrogens with one attached hydrogen (secondary N) is 1. The van der Waals surface area contributed by atoms with Crippen LogP contribution in [0.15, 0.2) is 34.1 Å². The molecule has 0 bridgehead atoms. The summed E-state index contributed by atoms with van der Waals surface area (Å²) in [6.07, 6.45) is 2.13. The van der Waals surface area contributed by atoms with Crippen molar-refractivity contribution in [3.05, 3.63) is 52.8 Å². The molecule has 0 heterocycles. The van der Waals surface area contributed by atoms with Crippen molar-refractivity contribution >= 4 is 27.5 Å². The first kappa shape index (κ1) is 21.0. The normalized spacial score (nSPS) is 16.7. The van der Waals surface area contributed by atoms with E-state index in [0.29, 0.717) is 18.2 Å². The summed E-state index contributed by atoms with van der Waals surface area (Å²) in [4.78, 5) is -1.94. The number of rotatable bonds is 6. The summed E-state index contributed by atoms with van der Waals surface area (Å²) in [7, 11) is -4.75. The first-order valence-corrected chi connectivity index (χ1v) is 11.1. The third kappa shape index (κ3) is 4.00. The molecule has 0 unspecified atom stereocenters. The third-order valence-corrected chi connectivity index (χ3v) is 6.53. The molecule has 5 nitrogen and oxygen atoms in total. The van der Waals surface area contributed by atoms with Crippen LogP contribution in [0.4, 0.5) is 18.9 Å². The van der Waals surface area contributed by atoms with Gasteiger partial charge in [-0.1, -0.05) is 24.3 Å². The van der Waals surface area contributed by atoms with Crippen LogP contribution in [0.3, 0.4) is 0 Å². The van der Waals surface area contributed by atoms with Gasteiger partial charge in [0.1, 0.15) is 4.90 Å². The number of aryl methyl sites for hydroxylation is 1. The first-order chi connectivity index (χ1) is 13.3. The van der Waals surface area contributed by atoms with Crippen molar-refractivity contribution in [3.8, 4) is 0 Å². The molecule has 0 aliphatic heterocycles. The second-order valence-corrected chi connectivity index (χ2v) is 8.98. The van der Waals surface area contributed by atoms with Gasteiger partial charge in [0.15, 0.2) is 17.5 Å². The van der Waals surface area contributed by atoms with Gasteiger partial charge >= 0.3 is 0 Å². The van der Waals surface area contributed by atoms with Crippen LogP contribution in [0.25, 0.3) is 0 Å². The molecule has 1 atom stereocenters. The van der Waals surface area contributed by atoms with Gasteiger partial charge in [0.25, 0.3) is 0 Å². The quantitative estimate of drug-likeness (QED) is 0.481. The first-order valence-electron chi connectivity index (χ1n) is 8.57. The number of benzene rings is 2. The van der Waals surface area contributed by atoms with Crippen molar-refractivity contribution in [3.63, 3.8) is 0 Å². The van der Waals surface area contributed by atoms with Crippen molar-refractivity contribution in [1.29, 1.82) is 0 Å². The lowest BCUT2D eigenvalue weighted by Crippen LogP contribution is -2.23. The van der Waals surface area contributed by atoms with Crippen LogP contribution < -0.4 is 10.5 Å². The van der Waals surface area contributed by atoms with Crippen LogP contribution >= 0.6 is 11.8 Å². The van der Waals surface area contributed by atoms with E-state index in [4.69, 9.17) is 10.2 Å². The minimum absolute atomic E-state index is 0.0896. The van der Waals surface area contributed by atoms with Crippen LogP contribution in [0, 0.1) is 17.5 Å². The molecule has 2 aromatic carbocycles. The fourth-order valence-corrected chi connectivity index (χ4v) is 4.88. The van der Waals surface area contributed by atoms with Crippen molar-refractivity contribution in [2.24, 2.45) is 5.14 Å². The highest BCUT2D eigenvalue weighted by Gasteiger charge is 2.33. The Kier molecular flexibility index (Phi) is 6.23. The smallest absolute Gasteiger partial charge is 0.243 e.